The summed E-state index contributed by atoms with van der Waals surface area (Å²) in [4.78, 5) is 4.15. The molecular weight excluding hydrogens is 302 g/mol. The van der Waals surface area contributed by atoms with Crippen LogP contribution in [0.4, 0.5) is 5.69 Å². The number of halogens is 4. The molecule has 0 unspecified atom stereocenters. The highest BCUT2D eigenvalue weighted by atomic mass is 35.5. The Balaban J connectivity index is 2.77. The predicted molar refractivity (Wildman–Crippen MR) is 74.1 cm³/mol. The van der Waals surface area contributed by atoms with Gasteiger partial charge in [0.05, 0.1) is 31.5 Å². The fourth-order valence-corrected chi connectivity index (χ4v) is 2.50. The second kappa shape index (κ2) is 4.91. The minimum atomic E-state index is 0.234. The molecule has 1 aromatic carbocycles. The maximum atomic E-state index is 6.11. The quantitative estimate of drug-likeness (QED) is 0.598. The van der Waals surface area contributed by atoms with E-state index in [1.165, 1.54) is 6.07 Å². The first kappa shape index (κ1) is 12.8. The highest BCUT2D eigenvalue weighted by Gasteiger charge is 2.17. The lowest BCUT2D eigenvalue weighted by Gasteiger charge is -2.11. The van der Waals surface area contributed by atoms with Crippen molar-refractivity contribution in [3.8, 4) is 11.3 Å². The first-order valence-electron chi connectivity index (χ1n) is 4.56. The van der Waals surface area contributed by atoms with E-state index in [0.717, 1.165) is 0 Å². The highest BCUT2D eigenvalue weighted by Crippen LogP contribution is 2.43. The fraction of sp³-hybridized carbons (Fsp3) is 0. The number of nitrogens with zero attached hydrogens (tertiary/aromatic N) is 1. The van der Waals surface area contributed by atoms with E-state index in [0.29, 0.717) is 27.0 Å². The zero-order valence-electron chi connectivity index (χ0n) is 8.35. The third-order valence-corrected chi connectivity index (χ3v) is 3.75. The predicted octanol–water partition coefficient (Wildman–Crippen LogP) is 4.94. The van der Waals surface area contributed by atoms with E-state index >= 15 is 0 Å². The number of pyridine rings is 1. The minimum Gasteiger partial charge on any atom is -0.397 e. The lowest BCUT2D eigenvalue weighted by atomic mass is 10.1. The Morgan fingerprint density at radius 3 is 2.35 bits per heavy atom. The van der Waals surface area contributed by atoms with Gasteiger partial charge in [0.2, 0.25) is 0 Å². The summed E-state index contributed by atoms with van der Waals surface area (Å²) in [7, 11) is 0. The van der Waals surface area contributed by atoms with E-state index in [1.807, 2.05) is 0 Å². The molecule has 2 aromatic rings. The Labute approximate surface area is 118 Å². The van der Waals surface area contributed by atoms with Crippen molar-refractivity contribution in [1.82, 2.24) is 4.98 Å². The van der Waals surface area contributed by atoms with Crippen LogP contribution in [0, 0.1) is 0 Å². The first-order chi connectivity index (χ1) is 8.02. The maximum absolute atomic E-state index is 6.11. The molecule has 0 atom stereocenters. The number of nitrogen functional groups attached to an aromatic ring is 1. The van der Waals surface area contributed by atoms with Gasteiger partial charge in [-0.2, -0.15) is 0 Å². The van der Waals surface area contributed by atoms with E-state index in [-0.39, 0.29) is 10.0 Å². The van der Waals surface area contributed by atoms with Gasteiger partial charge in [-0.1, -0.05) is 46.4 Å². The number of rotatable bonds is 1. The molecule has 1 heterocycles. The Hall–Kier alpha value is -0.670. The average molecular weight is 308 g/mol. The summed E-state index contributed by atoms with van der Waals surface area (Å²) in [6.07, 6.45) is 1.60. The van der Waals surface area contributed by atoms with Crippen molar-refractivity contribution in [1.29, 1.82) is 0 Å². The van der Waals surface area contributed by atoms with Crippen LogP contribution >= 0.6 is 46.4 Å². The number of hydrogen-bond donors (Lipinski definition) is 1. The summed E-state index contributed by atoms with van der Waals surface area (Å²) in [6, 6.07) is 4.94. The molecule has 0 saturated heterocycles. The normalized spacial score (nSPS) is 10.6. The van der Waals surface area contributed by atoms with Gasteiger partial charge in [0.1, 0.15) is 0 Å². The molecule has 0 radical (unpaired) electrons. The molecule has 17 heavy (non-hydrogen) atoms. The van der Waals surface area contributed by atoms with Gasteiger partial charge in [-0.25, -0.2) is 0 Å². The summed E-state index contributed by atoms with van der Waals surface area (Å²) >= 11 is 24.0. The van der Waals surface area contributed by atoms with Crippen molar-refractivity contribution in [3.63, 3.8) is 0 Å². The summed E-state index contributed by atoms with van der Waals surface area (Å²) in [5.41, 5.74) is 7.26. The van der Waals surface area contributed by atoms with Crippen LogP contribution in [0.1, 0.15) is 0 Å². The summed E-state index contributed by atoms with van der Waals surface area (Å²) in [6.45, 7) is 0. The molecule has 6 heteroatoms. The number of aromatic nitrogens is 1. The third-order valence-electron chi connectivity index (χ3n) is 2.19. The zero-order chi connectivity index (χ0) is 12.6. The number of nitrogens with two attached hydrogens (primary N) is 1. The van der Waals surface area contributed by atoms with Gasteiger partial charge in [-0.05, 0) is 18.2 Å². The lowest BCUT2D eigenvalue weighted by Crippen LogP contribution is -1.94. The van der Waals surface area contributed by atoms with Gasteiger partial charge in [0.15, 0.2) is 0 Å². The van der Waals surface area contributed by atoms with Crippen LogP contribution in [0.5, 0.6) is 0 Å². The maximum Gasteiger partial charge on any atom is 0.0961 e. The Kier molecular flexibility index (Phi) is 3.69. The Morgan fingerprint density at radius 1 is 1.00 bits per heavy atom. The Bertz CT molecular complexity index is 584. The van der Waals surface area contributed by atoms with Gasteiger partial charge in [0, 0.05) is 11.8 Å². The second-order valence-corrected chi connectivity index (χ2v) is 4.85. The lowest BCUT2D eigenvalue weighted by molar-refractivity contribution is 1.33. The van der Waals surface area contributed by atoms with Crippen LogP contribution in [0.2, 0.25) is 20.1 Å². The van der Waals surface area contributed by atoms with Gasteiger partial charge in [-0.3, -0.25) is 4.98 Å². The molecule has 0 aliphatic carbocycles. The molecule has 0 saturated carbocycles. The van der Waals surface area contributed by atoms with Gasteiger partial charge < -0.3 is 5.73 Å². The van der Waals surface area contributed by atoms with E-state index in [1.54, 1.807) is 18.3 Å². The molecule has 1 aromatic heterocycles. The van der Waals surface area contributed by atoms with Crippen LogP contribution in [0.3, 0.4) is 0 Å². The second-order valence-electron chi connectivity index (χ2n) is 3.28. The van der Waals surface area contributed by atoms with Crippen molar-refractivity contribution in [3.05, 3.63) is 44.5 Å². The summed E-state index contributed by atoms with van der Waals surface area (Å²) in [5.74, 6) is 0. The molecule has 2 rings (SSSR count). The van der Waals surface area contributed by atoms with Gasteiger partial charge in [0.25, 0.3) is 0 Å². The van der Waals surface area contributed by atoms with Crippen molar-refractivity contribution in [2.24, 2.45) is 0 Å². The molecule has 0 bridgehead atoms. The van der Waals surface area contributed by atoms with E-state index in [4.69, 9.17) is 52.1 Å². The molecule has 88 valence electrons. The van der Waals surface area contributed by atoms with Crippen molar-refractivity contribution >= 4 is 52.1 Å². The largest absolute Gasteiger partial charge is 0.397 e. The molecule has 0 aliphatic heterocycles. The van der Waals surface area contributed by atoms with Crippen LogP contribution in [-0.2, 0) is 0 Å². The number of hydrogen-bond acceptors (Lipinski definition) is 2. The molecule has 2 N–H and O–H groups in total. The van der Waals surface area contributed by atoms with Crippen LogP contribution in [-0.4, -0.2) is 4.98 Å². The fourth-order valence-electron chi connectivity index (χ4n) is 1.41. The minimum absolute atomic E-state index is 0.234. The van der Waals surface area contributed by atoms with Crippen molar-refractivity contribution in [2.75, 3.05) is 5.73 Å². The summed E-state index contributed by atoms with van der Waals surface area (Å²) < 4.78 is 0. The molecule has 0 aliphatic rings. The highest BCUT2D eigenvalue weighted by molar-refractivity contribution is 6.51. The molecule has 0 amide bonds. The molecule has 2 nitrogen and oxygen atoms in total. The van der Waals surface area contributed by atoms with Crippen molar-refractivity contribution < 1.29 is 0 Å². The summed E-state index contributed by atoms with van der Waals surface area (Å²) in [5, 5.41) is 1.13. The van der Waals surface area contributed by atoms with Crippen LogP contribution < -0.4 is 5.73 Å². The van der Waals surface area contributed by atoms with Crippen LogP contribution in [0.25, 0.3) is 11.3 Å². The SMILES string of the molecule is Nc1cccnc1-c1c(Cl)cc(Cl)c(Cl)c1Cl. The number of benzene rings is 1. The van der Waals surface area contributed by atoms with Gasteiger partial charge >= 0.3 is 0 Å². The molecule has 0 spiro atoms. The van der Waals surface area contributed by atoms with Crippen LogP contribution in [0.15, 0.2) is 24.4 Å². The topological polar surface area (TPSA) is 38.9 Å². The zero-order valence-corrected chi connectivity index (χ0v) is 11.4. The van der Waals surface area contributed by atoms with E-state index in [2.05, 4.69) is 4.98 Å². The van der Waals surface area contributed by atoms with Gasteiger partial charge in [-0.15, -0.1) is 0 Å². The standard InChI is InChI=1S/C11H6Cl4N2/c12-5-4-6(13)9(14)10(15)8(5)11-7(16)2-1-3-17-11/h1-4H,16H2. The molecule has 0 fully saturated rings. The van der Waals surface area contributed by atoms with E-state index < -0.39 is 0 Å². The Morgan fingerprint density at radius 2 is 1.71 bits per heavy atom. The smallest absolute Gasteiger partial charge is 0.0961 e. The van der Waals surface area contributed by atoms with E-state index in [9.17, 15) is 0 Å². The van der Waals surface area contributed by atoms with Crippen molar-refractivity contribution in [2.45, 2.75) is 0 Å². The molecular formula is C11H6Cl4N2. The average Bonchev–Trinajstić information content (AvgIpc) is 2.29. The number of anilines is 1. The monoisotopic (exact) mass is 306 g/mol. The first-order valence-corrected chi connectivity index (χ1v) is 6.07. The third kappa shape index (κ3) is 2.31.